The lowest BCUT2D eigenvalue weighted by molar-refractivity contribution is -0.142. The van der Waals surface area contributed by atoms with Crippen LogP contribution in [-0.4, -0.2) is 18.6 Å². The summed E-state index contributed by atoms with van der Waals surface area (Å²) in [5.74, 6) is 0.925. The number of ether oxygens (including phenoxy) is 2. The molecular weight excluding hydrogens is 230 g/mol. The number of benzene rings is 1. The molecule has 1 aliphatic heterocycles. The van der Waals surface area contributed by atoms with Crippen LogP contribution >= 0.6 is 0 Å². The van der Waals surface area contributed by atoms with Gasteiger partial charge in [-0.3, -0.25) is 0 Å². The normalized spacial score (nSPS) is 15.4. The summed E-state index contributed by atoms with van der Waals surface area (Å²) < 4.78 is 10.7. The minimum Gasteiger partial charge on any atom is -0.485 e. The first-order chi connectivity index (χ1) is 8.58. The van der Waals surface area contributed by atoms with Crippen molar-refractivity contribution >= 4 is 12.0 Å². The number of hydrogen-bond acceptors (Lipinski definition) is 4. The standard InChI is InChI=1S/C14H17NO3/c1-9(2)13(15)14(16)18-11-7-10-5-3-4-6-12(10)17-8-11/h3-7,9,13H,8,15H2,1-2H3/t13-/m0/s1. The van der Waals surface area contributed by atoms with Crippen molar-refractivity contribution in [3.05, 3.63) is 35.6 Å². The highest BCUT2D eigenvalue weighted by atomic mass is 16.6. The molecule has 1 heterocycles. The fourth-order valence-corrected chi connectivity index (χ4v) is 1.62. The van der Waals surface area contributed by atoms with E-state index in [1.54, 1.807) is 0 Å². The van der Waals surface area contributed by atoms with E-state index in [-0.39, 0.29) is 12.5 Å². The maximum absolute atomic E-state index is 11.7. The predicted molar refractivity (Wildman–Crippen MR) is 68.8 cm³/mol. The molecule has 1 atom stereocenters. The second kappa shape index (κ2) is 5.23. The van der Waals surface area contributed by atoms with Gasteiger partial charge in [0.2, 0.25) is 0 Å². The third-order valence-electron chi connectivity index (χ3n) is 2.83. The van der Waals surface area contributed by atoms with Crippen molar-refractivity contribution in [2.24, 2.45) is 11.7 Å². The van der Waals surface area contributed by atoms with Gasteiger partial charge in [-0.2, -0.15) is 0 Å². The SMILES string of the molecule is CC(C)[C@H](N)C(=O)OC1=Cc2ccccc2OC1. The molecule has 0 spiro atoms. The number of hydrogen-bond donors (Lipinski definition) is 1. The van der Waals surface area contributed by atoms with E-state index in [1.807, 2.05) is 44.2 Å². The average molecular weight is 247 g/mol. The summed E-state index contributed by atoms with van der Waals surface area (Å²) in [6.07, 6.45) is 1.81. The van der Waals surface area contributed by atoms with Crippen molar-refractivity contribution in [3.63, 3.8) is 0 Å². The Hall–Kier alpha value is -1.81. The molecule has 0 aromatic heterocycles. The van der Waals surface area contributed by atoms with E-state index in [0.29, 0.717) is 5.76 Å². The van der Waals surface area contributed by atoms with Crippen molar-refractivity contribution in [3.8, 4) is 5.75 Å². The van der Waals surface area contributed by atoms with Gasteiger partial charge in [-0.15, -0.1) is 0 Å². The van der Waals surface area contributed by atoms with Gasteiger partial charge < -0.3 is 15.2 Å². The van der Waals surface area contributed by atoms with Gasteiger partial charge in [0.05, 0.1) is 0 Å². The van der Waals surface area contributed by atoms with Crippen LogP contribution in [0, 0.1) is 5.92 Å². The van der Waals surface area contributed by atoms with Gasteiger partial charge in [-0.05, 0) is 18.1 Å². The second-order valence-corrected chi connectivity index (χ2v) is 4.63. The summed E-state index contributed by atoms with van der Waals surface area (Å²) in [4.78, 5) is 11.7. The van der Waals surface area contributed by atoms with Gasteiger partial charge in [-0.25, -0.2) is 4.79 Å². The fourth-order valence-electron chi connectivity index (χ4n) is 1.62. The van der Waals surface area contributed by atoms with Crippen LogP contribution in [0.2, 0.25) is 0 Å². The molecule has 0 bridgehead atoms. The van der Waals surface area contributed by atoms with Gasteiger partial charge in [0, 0.05) is 5.56 Å². The largest absolute Gasteiger partial charge is 0.485 e. The smallest absolute Gasteiger partial charge is 0.328 e. The number of esters is 1. The van der Waals surface area contributed by atoms with Crippen LogP contribution in [-0.2, 0) is 9.53 Å². The zero-order chi connectivity index (χ0) is 13.1. The Morgan fingerprint density at radius 1 is 1.39 bits per heavy atom. The second-order valence-electron chi connectivity index (χ2n) is 4.63. The quantitative estimate of drug-likeness (QED) is 0.829. The Bertz CT molecular complexity index is 480. The molecule has 4 nitrogen and oxygen atoms in total. The number of carbonyl (C=O) groups is 1. The topological polar surface area (TPSA) is 61.6 Å². The van der Waals surface area contributed by atoms with Gasteiger partial charge >= 0.3 is 5.97 Å². The number of rotatable bonds is 3. The molecular formula is C14H17NO3. The number of para-hydroxylation sites is 1. The number of fused-ring (bicyclic) bond motifs is 1. The fraction of sp³-hybridized carbons (Fsp3) is 0.357. The molecule has 96 valence electrons. The summed E-state index contributed by atoms with van der Waals surface area (Å²) in [6, 6.07) is 6.99. The first kappa shape index (κ1) is 12.6. The number of nitrogens with two attached hydrogens (primary N) is 1. The van der Waals surface area contributed by atoms with Gasteiger partial charge in [0.25, 0.3) is 0 Å². The molecule has 1 aromatic rings. The summed E-state index contributed by atoms with van der Waals surface area (Å²) >= 11 is 0. The van der Waals surface area contributed by atoms with Crippen molar-refractivity contribution in [2.45, 2.75) is 19.9 Å². The Kier molecular flexibility index (Phi) is 3.67. The summed E-state index contributed by atoms with van der Waals surface area (Å²) in [7, 11) is 0. The summed E-state index contributed by atoms with van der Waals surface area (Å²) in [5.41, 5.74) is 6.64. The Morgan fingerprint density at radius 3 is 2.83 bits per heavy atom. The minimum atomic E-state index is -0.608. The van der Waals surface area contributed by atoms with Crippen molar-refractivity contribution in [1.82, 2.24) is 0 Å². The molecule has 2 rings (SSSR count). The lowest BCUT2D eigenvalue weighted by Gasteiger charge is -2.20. The lowest BCUT2D eigenvalue weighted by Crippen LogP contribution is -2.37. The first-order valence-electron chi connectivity index (χ1n) is 5.97. The van der Waals surface area contributed by atoms with E-state index in [1.165, 1.54) is 0 Å². The van der Waals surface area contributed by atoms with E-state index in [4.69, 9.17) is 15.2 Å². The molecule has 2 N–H and O–H groups in total. The van der Waals surface area contributed by atoms with E-state index in [2.05, 4.69) is 0 Å². The van der Waals surface area contributed by atoms with Crippen molar-refractivity contribution in [1.29, 1.82) is 0 Å². The highest BCUT2D eigenvalue weighted by Crippen LogP contribution is 2.26. The Labute approximate surface area is 106 Å². The van der Waals surface area contributed by atoms with E-state index in [0.717, 1.165) is 11.3 Å². The zero-order valence-electron chi connectivity index (χ0n) is 10.6. The van der Waals surface area contributed by atoms with Crippen LogP contribution < -0.4 is 10.5 Å². The van der Waals surface area contributed by atoms with E-state index < -0.39 is 12.0 Å². The van der Waals surface area contributed by atoms with Gasteiger partial charge in [-0.1, -0.05) is 32.0 Å². The monoisotopic (exact) mass is 247 g/mol. The third kappa shape index (κ3) is 2.71. The Balaban J connectivity index is 2.09. The molecule has 0 radical (unpaired) electrons. The zero-order valence-corrected chi connectivity index (χ0v) is 10.6. The molecule has 0 saturated heterocycles. The highest BCUT2D eigenvalue weighted by molar-refractivity contribution is 5.78. The average Bonchev–Trinajstić information content (AvgIpc) is 2.37. The Morgan fingerprint density at radius 2 is 2.11 bits per heavy atom. The van der Waals surface area contributed by atoms with Gasteiger partial charge in [0.15, 0.2) is 0 Å². The molecule has 0 saturated carbocycles. The molecule has 0 aliphatic carbocycles. The van der Waals surface area contributed by atoms with Crippen LogP contribution in [0.4, 0.5) is 0 Å². The van der Waals surface area contributed by atoms with Crippen LogP contribution in [0.5, 0.6) is 5.75 Å². The maximum atomic E-state index is 11.7. The van der Waals surface area contributed by atoms with Crippen molar-refractivity contribution < 1.29 is 14.3 Å². The van der Waals surface area contributed by atoms with Crippen molar-refractivity contribution in [2.75, 3.05) is 6.61 Å². The van der Waals surface area contributed by atoms with E-state index >= 15 is 0 Å². The molecule has 4 heteroatoms. The maximum Gasteiger partial charge on any atom is 0.328 e. The number of carbonyl (C=O) groups excluding carboxylic acids is 1. The van der Waals surface area contributed by atoms with Crippen LogP contribution in [0.3, 0.4) is 0 Å². The molecule has 0 unspecified atom stereocenters. The third-order valence-corrected chi connectivity index (χ3v) is 2.83. The van der Waals surface area contributed by atoms with Crippen LogP contribution in [0.1, 0.15) is 19.4 Å². The summed E-state index contributed by atoms with van der Waals surface area (Å²) in [5, 5.41) is 0. The van der Waals surface area contributed by atoms with Crippen LogP contribution in [0.25, 0.3) is 6.08 Å². The highest BCUT2D eigenvalue weighted by Gasteiger charge is 2.22. The molecule has 18 heavy (non-hydrogen) atoms. The molecule has 0 fully saturated rings. The first-order valence-corrected chi connectivity index (χ1v) is 5.97. The predicted octanol–water partition coefficient (Wildman–Crippen LogP) is 1.95. The summed E-state index contributed by atoms with van der Waals surface area (Å²) in [6.45, 7) is 4.02. The molecule has 0 amide bonds. The van der Waals surface area contributed by atoms with Crippen LogP contribution in [0.15, 0.2) is 30.0 Å². The molecule has 1 aromatic carbocycles. The van der Waals surface area contributed by atoms with Gasteiger partial charge in [0.1, 0.15) is 24.2 Å². The lowest BCUT2D eigenvalue weighted by atomic mass is 10.1. The molecule has 1 aliphatic rings. The van der Waals surface area contributed by atoms with E-state index in [9.17, 15) is 4.79 Å². The minimum absolute atomic E-state index is 0.0508.